The number of likely N-dealkylation sites (N-methyl/N-ethyl adjacent to an activating group) is 1. The number of H-pyrrole nitrogens is 1. The minimum Gasteiger partial charge on any atom is -0.493 e. The summed E-state index contributed by atoms with van der Waals surface area (Å²) in [7, 11) is 1.59. The molecule has 0 fully saturated rings. The number of hydrogen-bond donors (Lipinski definition) is 3. The van der Waals surface area contributed by atoms with E-state index in [-0.39, 0.29) is 23.2 Å². The summed E-state index contributed by atoms with van der Waals surface area (Å²) in [5, 5.41) is 3.60. The number of amides is 1. The number of carbonyl (C=O) groups excluding carboxylic acids is 2. The van der Waals surface area contributed by atoms with E-state index in [0.717, 1.165) is 15.8 Å². The van der Waals surface area contributed by atoms with E-state index in [2.05, 4.69) is 15.0 Å². The fourth-order valence-corrected chi connectivity index (χ4v) is 4.10. The Hall–Kier alpha value is -3.10. The number of aromatic nitrogens is 1. The number of pyridine rings is 1. The molecule has 1 aromatic heterocycles. The predicted octanol–water partition coefficient (Wildman–Crippen LogP) is 4.00. The van der Waals surface area contributed by atoms with E-state index in [1.807, 2.05) is 56.3 Å². The lowest BCUT2D eigenvalue weighted by molar-refractivity contribution is -0.122. The Kier molecular flexibility index (Phi) is 8.68. The molecule has 1 atom stereocenters. The van der Waals surface area contributed by atoms with Crippen LogP contribution < -0.4 is 20.3 Å². The van der Waals surface area contributed by atoms with Gasteiger partial charge in [0.05, 0.1) is 6.61 Å². The van der Waals surface area contributed by atoms with Crippen molar-refractivity contribution < 1.29 is 14.3 Å². The second-order valence-corrected chi connectivity index (χ2v) is 8.86. The molecule has 174 valence electrons. The number of nitrogens with one attached hydrogen (secondary N) is 3. The third-order valence-corrected chi connectivity index (χ3v) is 6.04. The highest BCUT2D eigenvalue weighted by atomic mass is 32.2. The van der Waals surface area contributed by atoms with Crippen molar-refractivity contribution in [2.24, 2.45) is 5.92 Å². The lowest BCUT2D eigenvalue weighted by Crippen LogP contribution is -2.33. The molecule has 0 aliphatic heterocycles. The van der Waals surface area contributed by atoms with Crippen molar-refractivity contribution in [1.29, 1.82) is 0 Å². The molecule has 7 nitrogen and oxygen atoms in total. The number of Topliss-reactive ketones (excluding diaryl/α,β-unsaturated/α-hetero) is 1. The smallest absolute Gasteiger partial charge is 0.248 e. The number of rotatable bonds is 11. The molecule has 0 aliphatic rings. The van der Waals surface area contributed by atoms with E-state index in [4.69, 9.17) is 4.74 Å². The van der Waals surface area contributed by atoms with Crippen LogP contribution in [0.15, 0.2) is 64.3 Å². The first-order chi connectivity index (χ1) is 15.9. The van der Waals surface area contributed by atoms with Crippen molar-refractivity contribution in [3.05, 3.63) is 70.5 Å². The molecule has 0 saturated heterocycles. The molecule has 0 saturated carbocycles. The number of hydrogen-bond acceptors (Lipinski definition) is 6. The highest BCUT2D eigenvalue weighted by Gasteiger charge is 2.23. The topological polar surface area (TPSA) is 100 Å². The lowest BCUT2D eigenvalue weighted by Gasteiger charge is -2.20. The molecule has 33 heavy (non-hydrogen) atoms. The standard InChI is InChI=1S/C25H29N3O4S/c1-16(2)21(29)8-6-14-32-22-9-5-4-7-19(22)24(25(31)26-3)28-33-18-11-12-20-17(15-18)10-13-23(30)27-20/h4-5,7,9-13,15-16,24,28H,6,8,14H2,1-3H3,(H,26,31)(H,27,30). The van der Waals surface area contributed by atoms with Crippen LogP contribution in [-0.4, -0.2) is 30.3 Å². The molecule has 8 heteroatoms. The van der Waals surface area contributed by atoms with Gasteiger partial charge in [-0.15, -0.1) is 0 Å². The Morgan fingerprint density at radius 2 is 1.88 bits per heavy atom. The second-order valence-electron chi connectivity index (χ2n) is 7.95. The van der Waals surface area contributed by atoms with E-state index in [1.165, 1.54) is 18.0 Å². The monoisotopic (exact) mass is 467 g/mol. The van der Waals surface area contributed by atoms with Crippen molar-refractivity contribution in [2.45, 2.75) is 37.6 Å². The number of para-hydroxylation sites is 1. The molecule has 2 aromatic carbocycles. The van der Waals surface area contributed by atoms with Crippen LogP contribution in [-0.2, 0) is 9.59 Å². The third-order valence-electron chi connectivity index (χ3n) is 5.20. The van der Waals surface area contributed by atoms with E-state index in [1.54, 1.807) is 13.1 Å². The Morgan fingerprint density at radius 3 is 2.64 bits per heavy atom. The molecule has 3 N–H and O–H groups in total. The van der Waals surface area contributed by atoms with Gasteiger partial charge in [-0.3, -0.25) is 14.4 Å². The van der Waals surface area contributed by atoms with Crippen LogP contribution in [0, 0.1) is 5.92 Å². The summed E-state index contributed by atoms with van der Waals surface area (Å²) >= 11 is 1.33. The van der Waals surface area contributed by atoms with Gasteiger partial charge in [0.1, 0.15) is 17.6 Å². The van der Waals surface area contributed by atoms with Crippen molar-refractivity contribution in [1.82, 2.24) is 15.0 Å². The van der Waals surface area contributed by atoms with E-state index in [9.17, 15) is 14.4 Å². The predicted molar refractivity (Wildman–Crippen MR) is 131 cm³/mol. The summed E-state index contributed by atoms with van der Waals surface area (Å²) in [5.41, 5.74) is 1.32. The summed E-state index contributed by atoms with van der Waals surface area (Å²) in [6.07, 6.45) is 1.09. The second kappa shape index (κ2) is 11.7. The zero-order chi connectivity index (χ0) is 23.8. The van der Waals surface area contributed by atoms with Gasteiger partial charge in [-0.25, -0.2) is 4.72 Å². The Balaban J connectivity index is 1.72. The van der Waals surface area contributed by atoms with Crippen LogP contribution in [0.4, 0.5) is 0 Å². The van der Waals surface area contributed by atoms with Crippen LogP contribution in [0.1, 0.15) is 38.3 Å². The average Bonchev–Trinajstić information content (AvgIpc) is 2.82. The maximum Gasteiger partial charge on any atom is 0.248 e. The molecular weight excluding hydrogens is 438 g/mol. The molecule has 1 amide bonds. The number of aromatic amines is 1. The summed E-state index contributed by atoms with van der Waals surface area (Å²) in [4.78, 5) is 39.7. The van der Waals surface area contributed by atoms with Gasteiger partial charge in [0.15, 0.2) is 0 Å². The number of ether oxygens (including phenoxy) is 1. The molecule has 0 bridgehead atoms. The SMILES string of the molecule is CNC(=O)C(NSc1ccc2[nH]c(=O)ccc2c1)c1ccccc1OCCCC(=O)C(C)C. The maximum absolute atomic E-state index is 12.7. The van der Waals surface area contributed by atoms with Crippen LogP contribution in [0.3, 0.4) is 0 Å². The van der Waals surface area contributed by atoms with E-state index >= 15 is 0 Å². The van der Waals surface area contributed by atoms with Crippen LogP contribution in [0.5, 0.6) is 5.75 Å². The van der Waals surface area contributed by atoms with Gasteiger partial charge in [-0.1, -0.05) is 32.0 Å². The third kappa shape index (κ3) is 6.69. The van der Waals surface area contributed by atoms with E-state index < -0.39 is 6.04 Å². The minimum atomic E-state index is -0.653. The molecule has 1 heterocycles. The summed E-state index contributed by atoms with van der Waals surface area (Å²) in [6, 6.07) is 15.7. The number of benzene rings is 2. The van der Waals surface area contributed by atoms with Gasteiger partial charge < -0.3 is 15.0 Å². The summed E-state index contributed by atoms with van der Waals surface area (Å²) in [5.74, 6) is 0.644. The van der Waals surface area contributed by atoms with Gasteiger partial charge in [0, 0.05) is 41.4 Å². The lowest BCUT2D eigenvalue weighted by atomic mass is 10.0. The first-order valence-corrected chi connectivity index (χ1v) is 11.7. The summed E-state index contributed by atoms with van der Waals surface area (Å²) in [6.45, 7) is 4.18. The zero-order valence-corrected chi connectivity index (χ0v) is 19.8. The molecule has 1 unspecified atom stereocenters. The number of carbonyl (C=O) groups is 2. The Labute approximate surface area is 197 Å². The largest absolute Gasteiger partial charge is 0.493 e. The fourth-order valence-electron chi connectivity index (χ4n) is 3.29. The maximum atomic E-state index is 12.7. The first-order valence-electron chi connectivity index (χ1n) is 10.9. The van der Waals surface area contributed by atoms with E-state index in [0.29, 0.717) is 30.8 Å². The first kappa shape index (κ1) is 24.5. The van der Waals surface area contributed by atoms with Crippen molar-refractivity contribution in [3.63, 3.8) is 0 Å². The van der Waals surface area contributed by atoms with Crippen LogP contribution >= 0.6 is 11.9 Å². The fraction of sp³-hybridized carbons (Fsp3) is 0.320. The molecular formula is C25H29N3O4S. The Bertz CT molecular complexity index is 1180. The quantitative estimate of drug-likeness (QED) is 0.291. The molecule has 0 spiro atoms. The van der Waals surface area contributed by atoms with Gasteiger partial charge in [-0.2, -0.15) is 0 Å². The van der Waals surface area contributed by atoms with Crippen molar-refractivity contribution in [3.8, 4) is 5.75 Å². The Morgan fingerprint density at radius 1 is 1.09 bits per heavy atom. The minimum absolute atomic E-state index is 0.0199. The van der Waals surface area contributed by atoms with Crippen molar-refractivity contribution >= 4 is 34.5 Å². The summed E-state index contributed by atoms with van der Waals surface area (Å²) < 4.78 is 9.19. The molecule has 3 aromatic rings. The van der Waals surface area contributed by atoms with Gasteiger partial charge in [-0.05, 0) is 54.1 Å². The van der Waals surface area contributed by atoms with Gasteiger partial charge >= 0.3 is 0 Å². The van der Waals surface area contributed by atoms with Gasteiger partial charge in [0.2, 0.25) is 11.5 Å². The van der Waals surface area contributed by atoms with Crippen molar-refractivity contribution in [2.75, 3.05) is 13.7 Å². The van der Waals surface area contributed by atoms with Gasteiger partial charge in [0.25, 0.3) is 0 Å². The van der Waals surface area contributed by atoms with Crippen LogP contribution in [0.2, 0.25) is 0 Å². The average molecular weight is 468 g/mol. The number of ketones is 1. The highest BCUT2D eigenvalue weighted by Crippen LogP contribution is 2.29. The normalized spacial score (nSPS) is 12.0. The number of fused-ring (bicyclic) bond motifs is 1. The zero-order valence-electron chi connectivity index (χ0n) is 19.0. The molecule has 0 radical (unpaired) electrons. The van der Waals surface area contributed by atoms with Crippen LogP contribution in [0.25, 0.3) is 10.9 Å². The highest BCUT2D eigenvalue weighted by molar-refractivity contribution is 7.97. The molecule has 3 rings (SSSR count). The molecule has 0 aliphatic carbocycles.